The number of hydrogen-bond donors (Lipinski definition) is 1. The summed E-state index contributed by atoms with van der Waals surface area (Å²) in [7, 11) is 0. The van der Waals surface area contributed by atoms with Crippen LogP contribution in [0, 0.1) is 12.9 Å². The summed E-state index contributed by atoms with van der Waals surface area (Å²) in [6.07, 6.45) is 1.41. The van der Waals surface area contributed by atoms with E-state index < -0.39 is 0 Å². The molecule has 0 aliphatic rings. The van der Waals surface area contributed by atoms with Gasteiger partial charge in [-0.25, -0.2) is 9.97 Å². The van der Waals surface area contributed by atoms with Gasteiger partial charge in [0.1, 0.15) is 12.0 Å². The molecule has 4 heteroatoms. The van der Waals surface area contributed by atoms with Crippen LogP contribution in [0.5, 0.6) is 0 Å². The third-order valence-electron chi connectivity index (χ3n) is 1.59. The van der Waals surface area contributed by atoms with E-state index in [1.165, 1.54) is 12.4 Å². The van der Waals surface area contributed by atoms with E-state index in [1.54, 1.807) is 0 Å². The number of nitrogens with one attached hydrogen (secondary N) is 1. The molecule has 0 aromatic carbocycles. The molecule has 0 bridgehead atoms. The van der Waals surface area contributed by atoms with Crippen molar-refractivity contribution in [2.75, 3.05) is 0 Å². The predicted octanol–water partition coefficient (Wildman–Crippen LogP) is 1.41. The zero-order chi connectivity index (χ0) is 7.84. The van der Waals surface area contributed by atoms with E-state index in [9.17, 15) is 4.39 Å². The number of rotatable bonds is 0. The van der Waals surface area contributed by atoms with Crippen molar-refractivity contribution in [3.8, 4) is 0 Å². The van der Waals surface area contributed by atoms with E-state index >= 15 is 0 Å². The minimum absolute atomic E-state index is 0.372. The molecule has 0 atom stereocenters. The van der Waals surface area contributed by atoms with Crippen molar-refractivity contribution in [2.24, 2.45) is 0 Å². The molecule has 0 aliphatic carbocycles. The van der Waals surface area contributed by atoms with Crippen LogP contribution in [-0.4, -0.2) is 15.0 Å². The second-order valence-electron chi connectivity index (χ2n) is 2.34. The molecule has 2 aromatic rings. The van der Waals surface area contributed by atoms with E-state index in [1.807, 2.05) is 6.92 Å². The summed E-state index contributed by atoms with van der Waals surface area (Å²) in [5.41, 5.74) is 1.34. The van der Waals surface area contributed by atoms with E-state index in [-0.39, 0.29) is 5.95 Å². The van der Waals surface area contributed by atoms with Gasteiger partial charge >= 0.3 is 0 Å². The second kappa shape index (κ2) is 2.02. The minimum Gasteiger partial charge on any atom is -0.316 e. The molecule has 1 N–H and O–H groups in total. The SMILES string of the molecule is Cc1ncnc2[nH]c(F)cc12. The summed E-state index contributed by atoms with van der Waals surface area (Å²) in [4.78, 5) is 10.3. The highest BCUT2D eigenvalue weighted by Gasteiger charge is 2.02. The molecule has 0 saturated heterocycles. The molecule has 0 saturated carbocycles. The molecule has 0 unspecified atom stereocenters. The lowest BCUT2D eigenvalue weighted by atomic mass is 10.3. The van der Waals surface area contributed by atoms with Gasteiger partial charge in [-0.05, 0) is 6.92 Å². The average molecular weight is 151 g/mol. The molecule has 2 heterocycles. The Labute approximate surface area is 62.3 Å². The minimum atomic E-state index is -0.372. The van der Waals surface area contributed by atoms with Crippen LogP contribution < -0.4 is 0 Å². The van der Waals surface area contributed by atoms with Crippen molar-refractivity contribution in [1.82, 2.24) is 15.0 Å². The Morgan fingerprint density at radius 1 is 1.45 bits per heavy atom. The van der Waals surface area contributed by atoms with Crippen molar-refractivity contribution in [3.05, 3.63) is 24.0 Å². The maximum Gasteiger partial charge on any atom is 0.193 e. The topological polar surface area (TPSA) is 41.6 Å². The van der Waals surface area contributed by atoms with Crippen molar-refractivity contribution in [3.63, 3.8) is 0 Å². The van der Waals surface area contributed by atoms with Crippen LogP contribution in [0.2, 0.25) is 0 Å². The zero-order valence-electron chi connectivity index (χ0n) is 5.93. The normalized spacial score (nSPS) is 10.7. The summed E-state index contributed by atoms with van der Waals surface area (Å²) in [5.74, 6) is -0.372. The van der Waals surface area contributed by atoms with Gasteiger partial charge in [0.15, 0.2) is 5.95 Å². The fourth-order valence-corrected chi connectivity index (χ4v) is 1.03. The molecule has 0 fully saturated rings. The first kappa shape index (κ1) is 6.27. The third-order valence-corrected chi connectivity index (χ3v) is 1.59. The third kappa shape index (κ3) is 0.869. The van der Waals surface area contributed by atoms with Gasteiger partial charge in [0.25, 0.3) is 0 Å². The van der Waals surface area contributed by atoms with Crippen LogP contribution >= 0.6 is 0 Å². The van der Waals surface area contributed by atoms with E-state index in [2.05, 4.69) is 15.0 Å². The van der Waals surface area contributed by atoms with Gasteiger partial charge in [-0.15, -0.1) is 0 Å². The highest BCUT2D eigenvalue weighted by Crippen LogP contribution is 2.13. The Bertz CT molecular complexity index is 393. The summed E-state index contributed by atoms with van der Waals surface area (Å²) in [6, 6.07) is 1.39. The van der Waals surface area contributed by atoms with E-state index in [0.717, 1.165) is 11.1 Å². The molecule has 2 aromatic heterocycles. The molecule has 0 amide bonds. The van der Waals surface area contributed by atoms with Gasteiger partial charge in [0, 0.05) is 11.5 Å². The zero-order valence-corrected chi connectivity index (χ0v) is 5.93. The standard InChI is InChI=1S/C7H6FN3/c1-4-5-2-6(8)11-7(5)10-3-9-4/h2-3H,1H3,(H,9,10,11). The lowest BCUT2D eigenvalue weighted by Gasteiger charge is -1.89. The molecule has 3 nitrogen and oxygen atoms in total. The number of halogens is 1. The Morgan fingerprint density at radius 3 is 3.00 bits per heavy atom. The summed E-state index contributed by atoms with van der Waals surface area (Å²) < 4.78 is 12.6. The Balaban J connectivity index is 2.90. The lowest BCUT2D eigenvalue weighted by Crippen LogP contribution is -1.83. The first-order valence-corrected chi connectivity index (χ1v) is 3.23. The summed E-state index contributed by atoms with van der Waals surface area (Å²) in [5, 5.41) is 0.741. The molecular formula is C7H6FN3. The predicted molar refractivity (Wildman–Crippen MR) is 38.6 cm³/mol. The van der Waals surface area contributed by atoms with Gasteiger partial charge < -0.3 is 4.98 Å². The van der Waals surface area contributed by atoms with E-state index in [4.69, 9.17) is 0 Å². The molecule has 0 spiro atoms. The van der Waals surface area contributed by atoms with Crippen LogP contribution in [0.4, 0.5) is 4.39 Å². The summed E-state index contributed by atoms with van der Waals surface area (Å²) in [6.45, 7) is 1.82. The molecule has 0 aliphatic heterocycles. The number of aromatic amines is 1. The smallest absolute Gasteiger partial charge is 0.193 e. The van der Waals surface area contributed by atoms with Crippen LogP contribution in [-0.2, 0) is 0 Å². The molecule has 11 heavy (non-hydrogen) atoms. The number of aryl methyl sites for hydroxylation is 1. The number of aromatic nitrogens is 3. The van der Waals surface area contributed by atoms with E-state index in [0.29, 0.717) is 5.65 Å². The molecule has 2 rings (SSSR count). The monoisotopic (exact) mass is 151 g/mol. The quantitative estimate of drug-likeness (QED) is 0.618. The average Bonchev–Trinajstić information content (AvgIpc) is 2.31. The van der Waals surface area contributed by atoms with Gasteiger partial charge in [-0.2, -0.15) is 4.39 Å². The van der Waals surface area contributed by atoms with Crippen molar-refractivity contribution in [1.29, 1.82) is 0 Å². The van der Waals surface area contributed by atoms with Crippen LogP contribution in [0.15, 0.2) is 12.4 Å². The molecular weight excluding hydrogens is 145 g/mol. The fraction of sp³-hybridized carbons (Fsp3) is 0.143. The van der Waals surface area contributed by atoms with Gasteiger partial charge in [0.2, 0.25) is 0 Å². The summed E-state index contributed by atoms with van der Waals surface area (Å²) >= 11 is 0. The Morgan fingerprint density at radius 2 is 2.27 bits per heavy atom. The van der Waals surface area contributed by atoms with Crippen LogP contribution in [0.3, 0.4) is 0 Å². The lowest BCUT2D eigenvalue weighted by molar-refractivity contribution is 0.594. The fourth-order valence-electron chi connectivity index (χ4n) is 1.03. The highest BCUT2D eigenvalue weighted by molar-refractivity contribution is 5.77. The first-order valence-electron chi connectivity index (χ1n) is 3.23. The number of hydrogen-bond acceptors (Lipinski definition) is 2. The van der Waals surface area contributed by atoms with Crippen molar-refractivity contribution >= 4 is 11.0 Å². The Hall–Kier alpha value is -1.45. The highest BCUT2D eigenvalue weighted by atomic mass is 19.1. The van der Waals surface area contributed by atoms with Gasteiger partial charge in [-0.1, -0.05) is 0 Å². The maximum absolute atomic E-state index is 12.6. The van der Waals surface area contributed by atoms with Crippen LogP contribution in [0.1, 0.15) is 5.69 Å². The maximum atomic E-state index is 12.6. The van der Waals surface area contributed by atoms with Crippen LogP contribution in [0.25, 0.3) is 11.0 Å². The van der Waals surface area contributed by atoms with Gasteiger partial charge in [-0.3, -0.25) is 0 Å². The van der Waals surface area contributed by atoms with Crippen molar-refractivity contribution < 1.29 is 4.39 Å². The number of nitrogens with zero attached hydrogens (tertiary/aromatic N) is 2. The number of H-pyrrole nitrogens is 1. The van der Waals surface area contributed by atoms with Gasteiger partial charge in [0.05, 0.1) is 5.69 Å². The molecule has 56 valence electrons. The number of fused-ring (bicyclic) bond motifs is 1. The largest absolute Gasteiger partial charge is 0.316 e. The van der Waals surface area contributed by atoms with Crippen molar-refractivity contribution in [2.45, 2.75) is 6.92 Å². The first-order chi connectivity index (χ1) is 5.27. The molecule has 0 radical (unpaired) electrons. The second-order valence-corrected chi connectivity index (χ2v) is 2.34. The Kier molecular flexibility index (Phi) is 1.15.